The summed E-state index contributed by atoms with van der Waals surface area (Å²) in [6.45, 7) is 4.60. The van der Waals surface area contributed by atoms with Crippen LogP contribution >= 0.6 is 0 Å². The average molecular weight is 384 g/mol. The topological polar surface area (TPSA) is 57.5 Å². The number of benzene rings is 2. The molecule has 0 aliphatic rings. The summed E-state index contributed by atoms with van der Waals surface area (Å²) in [4.78, 5) is 0. The highest BCUT2D eigenvalue weighted by atomic mass is 16.0. The Morgan fingerprint density at radius 1 is 0.679 bits per heavy atom. The SMILES string of the molecule is CCCCCCCCCCCC(N)C(C)(c1ccccc1)c1ccccc1.O. The molecule has 156 valence electrons. The first-order valence-corrected chi connectivity index (χ1v) is 11.1. The Kier molecular flexibility index (Phi) is 11.8. The molecule has 1 unspecified atom stereocenters. The van der Waals surface area contributed by atoms with Gasteiger partial charge in [0.2, 0.25) is 0 Å². The lowest BCUT2D eigenvalue weighted by atomic mass is 9.69. The molecule has 0 spiro atoms. The molecule has 0 radical (unpaired) electrons. The van der Waals surface area contributed by atoms with Crippen molar-refractivity contribution in [3.05, 3.63) is 71.8 Å². The van der Waals surface area contributed by atoms with Crippen LogP contribution in [0.25, 0.3) is 0 Å². The first-order chi connectivity index (χ1) is 13.2. The summed E-state index contributed by atoms with van der Waals surface area (Å²) < 4.78 is 0. The first-order valence-electron chi connectivity index (χ1n) is 11.1. The summed E-state index contributed by atoms with van der Waals surface area (Å²) in [5, 5.41) is 0. The van der Waals surface area contributed by atoms with Crippen LogP contribution in [0.3, 0.4) is 0 Å². The van der Waals surface area contributed by atoms with E-state index in [2.05, 4.69) is 74.5 Å². The highest BCUT2D eigenvalue weighted by Crippen LogP contribution is 2.36. The van der Waals surface area contributed by atoms with E-state index >= 15 is 0 Å². The number of rotatable bonds is 13. The summed E-state index contributed by atoms with van der Waals surface area (Å²) >= 11 is 0. The van der Waals surface area contributed by atoms with Crippen LogP contribution in [0.5, 0.6) is 0 Å². The van der Waals surface area contributed by atoms with Gasteiger partial charge in [0.05, 0.1) is 0 Å². The van der Waals surface area contributed by atoms with Gasteiger partial charge < -0.3 is 11.2 Å². The van der Waals surface area contributed by atoms with E-state index in [0.29, 0.717) is 0 Å². The Labute approximate surface area is 172 Å². The average Bonchev–Trinajstić information content (AvgIpc) is 2.73. The standard InChI is InChI=1S/C26H39N.H2O/c1-3-4-5-6-7-8-9-10-17-22-25(27)26(2,23-18-13-11-14-19-23)24-20-15-12-16-21-24;/h11-16,18-21,25H,3-10,17,22,27H2,1-2H3;1H2. The van der Waals surface area contributed by atoms with E-state index < -0.39 is 0 Å². The fourth-order valence-corrected chi connectivity index (χ4v) is 4.13. The van der Waals surface area contributed by atoms with Crippen molar-refractivity contribution in [2.45, 2.75) is 89.5 Å². The molecule has 1 atom stereocenters. The van der Waals surface area contributed by atoms with Gasteiger partial charge in [-0.3, -0.25) is 0 Å². The predicted octanol–water partition coefficient (Wildman–Crippen LogP) is 6.42. The molecule has 0 saturated carbocycles. The van der Waals surface area contributed by atoms with E-state index in [1.807, 2.05) is 0 Å². The maximum atomic E-state index is 6.81. The molecule has 2 aromatic carbocycles. The summed E-state index contributed by atoms with van der Waals surface area (Å²) in [6, 6.07) is 21.7. The second kappa shape index (κ2) is 13.5. The van der Waals surface area contributed by atoms with E-state index in [-0.39, 0.29) is 16.9 Å². The van der Waals surface area contributed by atoms with E-state index in [1.54, 1.807) is 0 Å². The van der Waals surface area contributed by atoms with Crippen molar-refractivity contribution in [1.82, 2.24) is 0 Å². The van der Waals surface area contributed by atoms with E-state index in [1.165, 1.54) is 68.9 Å². The van der Waals surface area contributed by atoms with Crippen molar-refractivity contribution in [1.29, 1.82) is 0 Å². The van der Waals surface area contributed by atoms with Crippen LogP contribution < -0.4 is 5.73 Å². The maximum absolute atomic E-state index is 6.81. The Bertz CT molecular complexity index is 571. The van der Waals surface area contributed by atoms with Gasteiger partial charge in [0.25, 0.3) is 0 Å². The van der Waals surface area contributed by atoms with Gasteiger partial charge in [-0.05, 0) is 24.5 Å². The minimum absolute atomic E-state index is 0. The molecule has 0 aliphatic carbocycles. The molecule has 0 amide bonds. The molecule has 0 aliphatic heterocycles. The van der Waals surface area contributed by atoms with Crippen molar-refractivity contribution in [2.75, 3.05) is 0 Å². The molecule has 0 aromatic heterocycles. The molecule has 2 nitrogen and oxygen atoms in total. The molecule has 0 saturated heterocycles. The van der Waals surface area contributed by atoms with Crippen LogP contribution in [0.1, 0.15) is 89.2 Å². The normalized spacial score (nSPS) is 12.4. The molecule has 0 bridgehead atoms. The molecular weight excluding hydrogens is 342 g/mol. The van der Waals surface area contributed by atoms with Crippen LogP contribution in [0, 0.1) is 0 Å². The van der Waals surface area contributed by atoms with Gasteiger partial charge in [0.1, 0.15) is 0 Å². The Morgan fingerprint density at radius 2 is 1.07 bits per heavy atom. The van der Waals surface area contributed by atoms with Gasteiger partial charge in [-0.25, -0.2) is 0 Å². The fraction of sp³-hybridized carbons (Fsp3) is 0.538. The van der Waals surface area contributed by atoms with E-state index in [9.17, 15) is 0 Å². The summed E-state index contributed by atoms with van der Waals surface area (Å²) in [7, 11) is 0. The zero-order chi connectivity index (χ0) is 19.4. The zero-order valence-electron chi connectivity index (χ0n) is 18.0. The lowest BCUT2D eigenvalue weighted by Crippen LogP contribution is -2.44. The second-order valence-electron chi connectivity index (χ2n) is 8.16. The number of unbranched alkanes of at least 4 members (excludes halogenated alkanes) is 8. The van der Waals surface area contributed by atoms with Crippen molar-refractivity contribution >= 4 is 0 Å². The van der Waals surface area contributed by atoms with Crippen molar-refractivity contribution < 1.29 is 5.48 Å². The molecule has 0 heterocycles. The van der Waals surface area contributed by atoms with E-state index in [4.69, 9.17) is 5.73 Å². The third-order valence-corrected chi connectivity index (χ3v) is 6.11. The summed E-state index contributed by atoms with van der Waals surface area (Å²) in [6.07, 6.45) is 13.3. The minimum atomic E-state index is -0.136. The van der Waals surface area contributed by atoms with E-state index in [0.717, 1.165) is 6.42 Å². The molecule has 2 heteroatoms. The van der Waals surface area contributed by atoms with Crippen LogP contribution in [-0.4, -0.2) is 11.5 Å². The molecule has 0 fully saturated rings. The summed E-state index contributed by atoms with van der Waals surface area (Å²) in [5.74, 6) is 0. The Hall–Kier alpha value is -1.64. The third-order valence-electron chi connectivity index (χ3n) is 6.11. The minimum Gasteiger partial charge on any atom is -0.412 e. The summed E-state index contributed by atoms with van der Waals surface area (Å²) in [5.41, 5.74) is 9.31. The fourth-order valence-electron chi connectivity index (χ4n) is 4.13. The lowest BCUT2D eigenvalue weighted by Gasteiger charge is -2.37. The smallest absolute Gasteiger partial charge is 0.0325 e. The van der Waals surface area contributed by atoms with Gasteiger partial charge >= 0.3 is 0 Å². The highest BCUT2D eigenvalue weighted by Gasteiger charge is 2.34. The van der Waals surface area contributed by atoms with Crippen LogP contribution in [0.2, 0.25) is 0 Å². The molecular formula is C26H41NO. The van der Waals surface area contributed by atoms with Crippen LogP contribution in [-0.2, 0) is 5.41 Å². The van der Waals surface area contributed by atoms with Crippen molar-refractivity contribution in [3.63, 3.8) is 0 Å². The number of nitrogens with two attached hydrogens (primary N) is 1. The molecule has 2 rings (SSSR count). The lowest BCUT2D eigenvalue weighted by molar-refractivity contribution is 0.401. The third kappa shape index (κ3) is 7.07. The van der Waals surface area contributed by atoms with Gasteiger partial charge in [-0.15, -0.1) is 0 Å². The molecule has 2 aromatic rings. The van der Waals surface area contributed by atoms with Crippen molar-refractivity contribution in [3.8, 4) is 0 Å². The number of hydrogen-bond donors (Lipinski definition) is 1. The maximum Gasteiger partial charge on any atom is 0.0325 e. The van der Waals surface area contributed by atoms with Crippen LogP contribution in [0.15, 0.2) is 60.7 Å². The van der Waals surface area contributed by atoms with Gasteiger partial charge in [0, 0.05) is 11.5 Å². The van der Waals surface area contributed by atoms with Gasteiger partial charge in [-0.2, -0.15) is 0 Å². The largest absolute Gasteiger partial charge is 0.412 e. The molecule has 28 heavy (non-hydrogen) atoms. The van der Waals surface area contributed by atoms with Gasteiger partial charge in [0.15, 0.2) is 0 Å². The van der Waals surface area contributed by atoms with Gasteiger partial charge in [-0.1, -0.05) is 125 Å². The molecule has 4 N–H and O–H groups in total. The zero-order valence-corrected chi connectivity index (χ0v) is 18.0. The van der Waals surface area contributed by atoms with Crippen LogP contribution in [0.4, 0.5) is 0 Å². The predicted molar refractivity (Wildman–Crippen MR) is 123 cm³/mol. The Morgan fingerprint density at radius 3 is 1.50 bits per heavy atom. The Balaban J connectivity index is 0.00000392. The quantitative estimate of drug-likeness (QED) is 0.399. The first kappa shape index (κ1) is 24.4. The highest BCUT2D eigenvalue weighted by molar-refractivity contribution is 5.40. The monoisotopic (exact) mass is 383 g/mol. The van der Waals surface area contributed by atoms with Crippen molar-refractivity contribution in [2.24, 2.45) is 5.73 Å². The number of hydrogen-bond acceptors (Lipinski definition) is 1. The second-order valence-corrected chi connectivity index (χ2v) is 8.16.